The Morgan fingerprint density at radius 3 is 2.72 bits per heavy atom. The van der Waals surface area contributed by atoms with E-state index in [0.29, 0.717) is 10.0 Å². The van der Waals surface area contributed by atoms with E-state index in [0.717, 1.165) is 5.69 Å². The number of hydrogen-bond donors (Lipinski definition) is 2. The molecule has 0 aliphatic carbocycles. The number of nitrogens with zero attached hydrogens (tertiary/aromatic N) is 1. The molecule has 0 bridgehead atoms. The standard InChI is InChI=1S/C16H17BrF3N3O2/c1-9(2)13-12(17)14(23-22-13)15(24)21-7-10-4-3-5-11(6-10)25-8-16(18,19)20/h3-6,9H,7-8H2,1-2H3,(H,21,24)(H,22,23). The minimum Gasteiger partial charge on any atom is -0.484 e. The van der Waals surface area contributed by atoms with Gasteiger partial charge >= 0.3 is 6.18 Å². The van der Waals surface area contributed by atoms with Gasteiger partial charge in [-0.25, -0.2) is 0 Å². The van der Waals surface area contributed by atoms with Gasteiger partial charge in [0.2, 0.25) is 0 Å². The van der Waals surface area contributed by atoms with E-state index in [4.69, 9.17) is 0 Å². The molecule has 2 rings (SSSR count). The third-order valence-electron chi connectivity index (χ3n) is 3.28. The van der Waals surface area contributed by atoms with E-state index in [1.165, 1.54) is 12.1 Å². The number of carbonyl (C=O) groups is 1. The van der Waals surface area contributed by atoms with Crippen molar-refractivity contribution in [2.45, 2.75) is 32.5 Å². The average Bonchev–Trinajstić information content (AvgIpc) is 2.92. The first-order valence-corrected chi connectivity index (χ1v) is 8.27. The summed E-state index contributed by atoms with van der Waals surface area (Å²) in [6, 6.07) is 6.12. The molecular weight excluding hydrogens is 403 g/mol. The molecule has 0 atom stereocenters. The zero-order valence-corrected chi connectivity index (χ0v) is 15.2. The molecule has 25 heavy (non-hydrogen) atoms. The molecule has 5 nitrogen and oxygen atoms in total. The number of H-pyrrole nitrogens is 1. The summed E-state index contributed by atoms with van der Waals surface area (Å²) in [5.41, 5.74) is 1.66. The molecule has 0 aliphatic rings. The molecule has 9 heteroatoms. The minimum absolute atomic E-state index is 0.0899. The van der Waals surface area contributed by atoms with E-state index in [9.17, 15) is 18.0 Å². The van der Waals surface area contributed by atoms with E-state index in [2.05, 4.69) is 36.2 Å². The maximum Gasteiger partial charge on any atom is 0.422 e. The fourth-order valence-corrected chi connectivity index (χ4v) is 2.87. The number of hydrogen-bond acceptors (Lipinski definition) is 3. The van der Waals surface area contributed by atoms with Gasteiger partial charge in [-0.3, -0.25) is 9.89 Å². The Kier molecular flexibility index (Phi) is 6.10. The van der Waals surface area contributed by atoms with E-state index < -0.39 is 18.7 Å². The number of aromatic nitrogens is 2. The van der Waals surface area contributed by atoms with E-state index in [-0.39, 0.29) is 23.9 Å². The second kappa shape index (κ2) is 7.90. The Balaban J connectivity index is 1.98. The molecule has 0 saturated carbocycles. The van der Waals surface area contributed by atoms with Crippen LogP contribution in [0.2, 0.25) is 0 Å². The van der Waals surface area contributed by atoms with Gasteiger partial charge in [0, 0.05) is 6.54 Å². The van der Waals surface area contributed by atoms with Gasteiger partial charge in [0.05, 0.1) is 10.2 Å². The lowest BCUT2D eigenvalue weighted by molar-refractivity contribution is -0.153. The summed E-state index contributed by atoms with van der Waals surface area (Å²) in [4.78, 5) is 12.2. The second-order valence-corrected chi connectivity index (χ2v) is 6.48. The largest absolute Gasteiger partial charge is 0.484 e. The van der Waals surface area contributed by atoms with Gasteiger partial charge in [0.1, 0.15) is 5.75 Å². The van der Waals surface area contributed by atoms with Crippen LogP contribution in [-0.4, -0.2) is 28.9 Å². The van der Waals surface area contributed by atoms with Crippen molar-refractivity contribution < 1.29 is 22.7 Å². The van der Waals surface area contributed by atoms with Crippen LogP contribution in [-0.2, 0) is 6.54 Å². The summed E-state index contributed by atoms with van der Waals surface area (Å²) in [5, 5.41) is 9.48. The lowest BCUT2D eigenvalue weighted by Gasteiger charge is -2.10. The molecule has 0 unspecified atom stereocenters. The number of aromatic amines is 1. The van der Waals surface area contributed by atoms with Crippen molar-refractivity contribution in [3.8, 4) is 5.75 Å². The van der Waals surface area contributed by atoms with E-state index >= 15 is 0 Å². The SMILES string of the molecule is CC(C)c1[nH]nc(C(=O)NCc2cccc(OCC(F)(F)F)c2)c1Br. The fourth-order valence-electron chi connectivity index (χ4n) is 2.05. The Morgan fingerprint density at radius 1 is 1.40 bits per heavy atom. The number of ether oxygens (including phenoxy) is 1. The summed E-state index contributed by atoms with van der Waals surface area (Å²) >= 11 is 3.35. The molecule has 0 saturated heterocycles. The van der Waals surface area contributed by atoms with Crippen molar-refractivity contribution in [2.75, 3.05) is 6.61 Å². The predicted molar refractivity (Wildman–Crippen MR) is 89.5 cm³/mol. The van der Waals surface area contributed by atoms with Crippen LogP contribution in [0.3, 0.4) is 0 Å². The van der Waals surface area contributed by atoms with Crippen molar-refractivity contribution in [1.82, 2.24) is 15.5 Å². The van der Waals surface area contributed by atoms with Crippen LogP contribution >= 0.6 is 15.9 Å². The first-order valence-electron chi connectivity index (χ1n) is 7.48. The molecule has 0 radical (unpaired) electrons. The normalized spacial score (nSPS) is 11.6. The Morgan fingerprint density at radius 2 is 2.12 bits per heavy atom. The molecule has 2 N–H and O–H groups in total. The number of nitrogens with one attached hydrogen (secondary N) is 2. The van der Waals surface area contributed by atoms with Crippen LogP contribution in [0, 0.1) is 0 Å². The summed E-state index contributed by atoms with van der Waals surface area (Å²) in [6.07, 6.45) is -4.40. The number of carbonyl (C=O) groups excluding carboxylic acids is 1. The maximum absolute atomic E-state index is 12.2. The van der Waals surface area contributed by atoms with Gasteiger partial charge in [-0.05, 0) is 39.5 Å². The van der Waals surface area contributed by atoms with Crippen molar-refractivity contribution in [3.63, 3.8) is 0 Å². The fraction of sp³-hybridized carbons (Fsp3) is 0.375. The highest BCUT2D eigenvalue weighted by Crippen LogP contribution is 2.25. The highest BCUT2D eigenvalue weighted by Gasteiger charge is 2.28. The van der Waals surface area contributed by atoms with Crippen molar-refractivity contribution in [3.05, 3.63) is 45.7 Å². The number of halogens is 4. The monoisotopic (exact) mass is 419 g/mol. The number of amides is 1. The first kappa shape index (κ1) is 19.3. The molecule has 0 fully saturated rings. The zero-order valence-electron chi connectivity index (χ0n) is 13.6. The Hall–Kier alpha value is -2.03. The van der Waals surface area contributed by atoms with Gasteiger partial charge in [0.25, 0.3) is 5.91 Å². The molecule has 1 heterocycles. The predicted octanol–water partition coefficient (Wildman–Crippen LogP) is 4.17. The summed E-state index contributed by atoms with van der Waals surface area (Å²) in [6.45, 7) is 2.71. The molecule has 0 spiro atoms. The third kappa shape index (κ3) is 5.48. The van der Waals surface area contributed by atoms with Crippen LogP contribution in [0.15, 0.2) is 28.7 Å². The molecule has 0 aliphatic heterocycles. The lowest BCUT2D eigenvalue weighted by Crippen LogP contribution is -2.23. The summed E-state index contributed by atoms with van der Waals surface area (Å²) in [7, 11) is 0. The van der Waals surface area contributed by atoms with Gasteiger partial charge in [-0.15, -0.1) is 0 Å². The molecule has 1 aromatic heterocycles. The minimum atomic E-state index is -4.40. The Bertz CT molecular complexity index is 744. The highest BCUT2D eigenvalue weighted by atomic mass is 79.9. The first-order chi connectivity index (χ1) is 11.7. The number of alkyl halides is 3. The van der Waals surface area contributed by atoms with Gasteiger partial charge in [-0.2, -0.15) is 18.3 Å². The van der Waals surface area contributed by atoms with Crippen LogP contribution < -0.4 is 10.1 Å². The van der Waals surface area contributed by atoms with Crippen LogP contribution in [0.4, 0.5) is 13.2 Å². The van der Waals surface area contributed by atoms with Crippen molar-refractivity contribution in [2.24, 2.45) is 0 Å². The van der Waals surface area contributed by atoms with E-state index in [1.807, 2.05) is 13.8 Å². The van der Waals surface area contributed by atoms with Gasteiger partial charge < -0.3 is 10.1 Å². The van der Waals surface area contributed by atoms with Crippen LogP contribution in [0.25, 0.3) is 0 Å². The second-order valence-electron chi connectivity index (χ2n) is 5.69. The molecular formula is C16H17BrF3N3O2. The Labute approximate surface area is 151 Å². The van der Waals surface area contributed by atoms with Gasteiger partial charge in [0.15, 0.2) is 12.3 Å². The summed E-state index contributed by atoms with van der Waals surface area (Å²) < 4.78 is 41.8. The molecule has 1 aromatic carbocycles. The number of rotatable bonds is 6. The lowest BCUT2D eigenvalue weighted by atomic mass is 10.1. The topological polar surface area (TPSA) is 67.0 Å². The molecule has 136 valence electrons. The van der Waals surface area contributed by atoms with E-state index in [1.54, 1.807) is 12.1 Å². The zero-order chi connectivity index (χ0) is 18.6. The van der Waals surface area contributed by atoms with Crippen molar-refractivity contribution >= 4 is 21.8 Å². The summed E-state index contributed by atoms with van der Waals surface area (Å²) in [5.74, 6) is -0.130. The average molecular weight is 420 g/mol. The van der Waals surface area contributed by atoms with Gasteiger partial charge in [-0.1, -0.05) is 26.0 Å². The van der Waals surface area contributed by atoms with Crippen LogP contribution in [0.1, 0.15) is 41.5 Å². The molecule has 2 aromatic rings. The highest BCUT2D eigenvalue weighted by molar-refractivity contribution is 9.10. The van der Waals surface area contributed by atoms with Crippen LogP contribution in [0.5, 0.6) is 5.75 Å². The number of benzene rings is 1. The van der Waals surface area contributed by atoms with Crippen molar-refractivity contribution in [1.29, 1.82) is 0 Å². The quantitative estimate of drug-likeness (QED) is 0.738. The smallest absolute Gasteiger partial charge is 0.422 e. The maximum atomic E-state index is 12.2. The third-order valence-corrected chi connectivity index (χ3v) is 4.08. The molecule has 1 amide bonds.